The number of pyridine rings is 1. The molecular formula is C21H21N4O4+. The van der Waals surface area contributed by atoms with Crippen LogP contribution in [0, 0.1) is 4.91 Å². The Morgan fingerprint density at radius 1 is 1.14 bits per heavy atom. The molecule has 0 aliphatic heterocycles. The Balaban J connectivity index is 1.99. The van der Waals surface area contributed by atoms with Crippen molar-refractivity contribution in [2.75, 3.05) is 18.6 Å². The Kier molecular flexibility index (Phi) is 6.49. The first kappa shape index (κ1) is 20.0. The Morgan fingerprint density at radius 2 is 1.86 bits per heavy atom. The van der Waals surface area contributed by atoms with E-state index in [1.54, 1.807) is 43.6 Å². The number of carbonyl (C=O) groups is 1. The summed E-state index contributed by atoms with van der Waals surface area (Å²) in [6.45, 7) is -0.288. The number of hydrogen-bond donors (Lipinski definition) is 2. The Bertz CT molecular complexity index is 964. The fraction of sp³-hybridized carbons (Fsp3) is 0.143. The van der Waals surface area contributed by atoms with Crippen molar-refractivity contribution in [1.82, 2.24) is 5.32 Å². The van der Waals surface area contributed by atoms with Crippen molar-refractivity contribution in [1.29, 1.82) is 0 Å². The Hall–Kier alpha value is -3.78. The average Bonchev–Trinajstić information content (AvgIpc) is 2.79. The monoisotopic (exact) mass is 393 g/mol. The number of nitrogens with zero attached hydrogens (tertiary/aromatic N) is 2. The maximum atomic E-state index is 13.2. The first-order valence-corrected chi connectivity index (χ1v) is 8.92. The number of urea groups is 1. The number of benzene rings is 2. The van der Waals surface area contributed by atoms with Gasteiger partial charge in [0.15, 0.2) is 5.69 Å². The van der Waals surface area contributed by atoms with E-state index in [1.807, 2.05) is 30.3 Å². The second-order valence-electron chi connectivity index (χ2n) is 6.12. The molecule has 3 N–H and O–H groups in total. The predicted octanol–water partition coefficient (Wildman–Crippen LogP) is 3.49. The lowest BCUT2D eigenvalue weighted by Gasteiger charge is -2.20. The van der Waals surface area contributed by atoms with Crippen LogP contribution in [0.2, 0.25) is 0 Å². The summed E-state index contributed by atoms with van der Waals surface area (Å²) in [4.78, 5) is 28.7. The highest BCUT2D eigenvalue weighted by Crippen LogP contribution is 2.31. The van der Waals surface area contributed by atoms with Crippen LogP contribution in [0.5, 0.6) is 5.75 Å². The number of nitrogens with one attached hydrogen (secondary N) is 2. The van der Waals surface area contributed by atoms with Crippen molar-refractivity contribution in [2.24, 2.45) is 5.18 Å². The zero-order valence-corrected chi connectivity index (χ0v) is 15.8. The fourth-order valence-electron chi connectivity index (χ4n) is 2.88. The molecule has 148 valence electrons. The van der Waals surface area contributed by atoms with Crippen LogP contribution >= 0.6 is 0 Å². The van der Waals surface area contributed by atoms with E-state index in [1.165, 1.54) is 11.0 Å². The maximum absolute atomic E-state index is 13.2. The number of amides is 2. The molecule has 3 aromatic rings. The third-order valence-electron chi connectivity index (χ3n) is 4.35. The quantitative estimate of drug-likeness (QED) is 0.599. The average molecular weight is 393 g/mol. The number of ether oxygens (including phenoxy) is 1. The molecule has 1 aromatic heterocycles. The van der Waals surface area contributed by atoms with Crippen molar-refractivity contribution in [2.45, 2.75) is 6.04 Å². The molecule has 2 amide bonds. The van der Waals surface area contributed by atoms with Crippen LogP contribution in [-0.4, -0.2) is 24.9 Å². The molecule has 0 bridgehead atoms. The van der Waals surface area contributed by atoms with Gasteiger partial charge in [0.25, 0.3) is 0 Å². The van der Waals surface area contributed by atoms with Gasteiger partial charge < -0.3 is 15.2 Å². The lowest BCUT2D eigenvalue weighted by atomic mass is 10.1. The van der Waals surface area contributed by atoms with Gasteiger partial charge in [0, 0.05) is 0 Å². The van der Waals surface area contributed by atoms with Gasteiger partial charge in [-0.25, -0.2) is 9.78 Å². The third-order valence-corrected chi connectivity index (χ3v) is 4.35. The topological polar surface area (TPSA) is 105 Å². The summed E-state index contributed by atoms with van der Waals surface area (Å²) >= 11 is 0. The van der Waals surface area contributed by atoms with Crippen LogP contribution < -0.4 is 19.9 Å². The summed E-state index contributed by atoms with van der Waals surface area (Å²) < 4.78 is 5.17. The molecule has 0 aliphatic rings. The van der Waals surface area contributed by atoms with Gasteiger partial charge in [0.05, 0.1) is 26.0 Å². The second kappa shape index (κ2) is 9.43. The molecule has 0 radical (unpaired) electrons. The van der Waals surface area contributed by atoms with Gasteiger partial charge in [-0.15, -0.1) is 9.81 Å². The zero-order valence-electron chi connectivity index (χ0n) is 15.8. The highest BCUT2D eigenvalue weighted by atomic mass is 16.5. The summed E-state index contributed by atoms with van der Waals surface area (Å²) in [5.74, 6) is 0.826. The molecule has 3 rings (SSSR count). The maximum Gasteiger partial charge on any atom is 0.414 e. The molecule has 0 fully saturated rings. The molecule has 0 saturated heterocycles. The van der Waals surface area contributed by atoms with Crippen LogP contribution in [0.1, 0.15) is 11.6 Å². The summed E-state index contributed by atoms with van der Waals surface area (Å²) in [6.07, 6.45) is 1.59. The minimum atomic E-state index is -0.624. The van der Waals surface area contributed by atoms with E-state index in [-0.39, 0.29) is 18.1 Å². The third kappa shape index (κ3) is 4.56. The number of aromatic nitrogens is 1. The molecule has 0 spiro atoms. The van der Waals surface area contributed by atoms with Crippen LogP contribution in [-0.2, 0) is 0 Å². The Morgan fingerprint density at radius 3 is 2.48 bits per heavy atom. The molecule has 29 heavy (non-hydrogen) atoms. The Labute approximate surface area is 167 Å². The number of rotatable bonds is 7. The van der Waals surface area contributed by atoms with Crippen molar-refractivity contribution in [3.05, 3.63) is 83.4 Å². The predicted molar refractivity (Wildman–Crippen MR) is 108 cm³/mol. The highest BCUT2D eigenvalue weighted by molar-refractivity contribution is 6.00. The molecule has 2 aromatic carbocycles. The van der Waals surface area contributed by atoms with Crippen molar-refractivity contribution in [3.63, 3.8) is 0 Å². The van der Waals surface area contributed by atoms with E-state index >= 15 is 0 Å². The first-order valence-electron chi connectivity index (χ1n) is 8.92. The number of methoxy groups -OCH3 is 1. The van der Waals surface area contributed by atoms with Gasteiger partial charge in [0.1, 0.15) is 11.4 Å². The molecule has 1 unspecified atom stereocenters. The number of hydrogen-bond acceptors (Lipinski definition) is 5. The molecule has 8 heteroatoms. The number of aliphatic hydroxyl groups is 1. The van der Waals surface area contributed by atoms with Gasteiger partial charge in [-0.2, -0.15) is 0 Å². The SMILES string of the molecule is COc1ccc(N(C(=O)NC(CO)c2ccccc2)c2[nH+]cccc2N=O)cc1. The second-order valence-corrected chi connectivity index (χ2v) is 6.12. The van der Waals surface area contributed by atoms with E-state index in [0.29, 0.717) is 11.4 Å². The van der Waals surface area contributed by atoms with Gasteiger partial charge in [0.2, 0.25) is 0 Å². The minimum Gasteiger partial charge on any atom is -0.497 e. The summed E-state index contributed by atoms with van der Waals surface area (Å²) in [5, 5.41) is 15.6. The van der Waals surface area contributed by atoms with Crippen molar-refractivity contribution >= 4 is 23.2 Å². The number of nitroso groups, excluding NO2 is 1. The largest absolute Gasteiger partial charge is 0.497 e. The number of H-pyrrole nitrogens is 1. The lowest BCUT2D eigenvalue weighted by molar-refractivity contribution is -0.361. The van der Waals surface area contributed by atoms with E-state index in [4.69, 9.17) is 4.74 Å². The zero-order chi connectivity index (χ0) is 20.6. The van der Waals surface area contributed by atoms with Gasteiger partial charge >= 0.3 is 11.8 Å². The van der Waals surface area contributed by atoms with Crippen molar-refractivity contribution < 1.29 is 19.6 Å². The van der Waals surface area contributed by atoms with Crippen LogP contribution in [0.3, 0.4) is 0 Å². The summed E-state index contributed by atoms with van der Waals surface area (Å²) in [5.41, 5.74) is 1.31. The summed E-state index contributed by atoms with van der Waals surface area (Å²) in [7, 11) is 1.55. The number of aromatic amines is 1. The van der Waals surface area contributed by atoms with Gasteiger partial charge in [-0.1, -0.05) is 30.3 Å². The van der Waals surface area contributed by atoms with E-state index < -0.39 is 12.1 Å². The fourth-order valence-corrected chi connectivity index (χ4v) is 2.88. The minimum absolute atomic E-state index is 0.0683. The smallest absolute Gasteiger partial charge is 0.414 e. The number of carbonyl (C=O) groups excluding carboxylic acids is 1. The molecule has 8 nitrogen and oxygen atoms in total. The molecule has 1 heterocycles. The van der Waals surface area contributed by atoms with Crippen LogP contribution in [0.25, 0.3) is 0 Å². The summed E-state index contributed by atoms with van der Waals surface area (Å²) in [6, 6.07) is 17.9. The highest BCUT2D eigenvalue weighted by Gasteiger charge is 2.32. The number of anilines is 2. The van der Waals surface area contributed by atoms with E-state index in [0.717, 1.165) is 5.56 Å². The van der Waals surface area contributed by atoms with Gasteiger partial charge in [-0.3, -0.25) is 0 Å². The molecule has 0 aliphatic carbocycles. The van der Waals surface area contributed by atoms with Crippen molar-refractivity contribution in [3.8, 4) is 5.75 Å². The first-order chi connectivity index (χ1) is 14.2. The van der Waals surface area contributed by atoms with Crippen LogP contribution in [0.15, 0.2) is 78.1 Å². The van der Waals surface area contributed by atoms with Gasteiger partial charge in [-0.05, 0) is 47.1 Å². The molecule has 1 atom stereocenters. The number of aliphatic hydroxyl groups excluding tert-OH is 1. The van der Waals surface area contributed by atoms with Crippen LogP contribution in [0.4, 0.5) is 22.0 Å². The standard InChI is InChI=1S/C21H20N4O4/c1-29-17-11-9-16(10-12-17)25(20-18(24-28)8-5-13-22-20)21(27)23-19(14-26)15-6-3-2-4-7-15/h2-13,19,26H,14H2,1H3,(H,23,27)/p+1. The molecular weight excluding hydrogens is 372 g/mol. The van der Waals surface area contributed by atoms with E-state index in [9.17, 15) is 14.8 Å². The van der Waals surface area contributed by atoms with E-state index in [2.05, 4.69) is 15.5 Å². The normalized spacial score (nSPS) is 11.4. The molecule has 0 saturated carbocycles. The lowest BCUT2D eigenvalue weighted by Crippen LogP contribution is -2.42.